The molecular formula is C27H24ClN3. The number of hydrogen-bond acceptors (Lipinski definition) is 2. The zero-order valence-corrected chi connectivity index (χ0v) is 18.0. The van der Waals surface area contributed by atoms with Gasteiger partial charge in [-0.25, -0.2) is 4.98 Å². The van der Waals surface area contributed by atoms with E-state index in [0.29, 0.717) is 6.04 Å². The second-order valence-corrected chi connectivity index (χ2v) is 8.21. The summed E-state index contributed by atoms with van der Waals surface area (Å²) in [6.45, 7) is 0.888. The van der Waals surface area contributed by atoms with Crippen LogP contribution in [0.25, 0.3) is 32.9 Å². The molecule has 0 spiro atoms. The average Bonchev–Trinajstić information content (AvgIpc) is 3.43. The number of hydrogen-bond donors (Lipinski definition) is 2. The quantitative estimate of drug-likeness (QED) is 0.367. The fraction of sp³-hybridized carbons (Fsp3) is 0.148. The van der Waals surface area contributed by atoms with E-state index in [1.165, 1.54) is 38.6 Å². The molecule has 3 nitrogen and oxygen atoms in total. The molecule has 2 N–H and O–H groups in total. The Hall–Kier alpha value is -3.14. The number of aromatic nitrogens is 2. The first-order chi connectivity index (χ1) is 14.8. The maximum atomic E-state index is 4.34. The van der Waals surface area contributed by atoms with Gasteiger partial charge in [0.05, 0.1) is 17.4 Å². The summed E-state index contributed by atoms with van der Waals surface area (Å²) in [6.07, 6.45) is 4.00. The molecule has 0 saturated heterocycles. The van der Waals surface area contributed by atoms with Crippen molar-refractivity contribution in [2.75, 3.05) is 0 Å². The normalized spacial score (nSPS) is 13.4. The van der Waals surface area contributed by atoms with Gasteiger partial charge in [-0.2, -0.15) is 0 Å². The highest BCUT2D eigenvalue weighted by atomic mass is 35.5. The third kappa shape index (κ3) is 3.60. The van der Waals surface area contributed by atoms with E-state index in [2.05, 4.69) is 94.1 Å². The fourth-order valence-electron chi connectivity index (χ4n) is 4.83. The summed E-state index contributed by atoms with van der Waals surface area (Å²) < 4.78 is 0. The Morgan fingerprint density at radius 2 is 1.58 bits per heavy atom. The third-order valence-corrected chi connectivity index (χ3v) is 6.38. The number of imidazole rings is 1. The van der Waals surface area contributed by atoms with Gasteiger partial charge >= 0.3 is 0 Å². The van der Waals surface area contributed by atoms with Gasteiger partial charge < -0.3 is 10.3 Å². The zero-order chi connectivity index (χ0) is 19.9. The fourth-order valence-corrected chi connectivity index (χ4v) is 4.83. The van der Waals surface area contributed by atoms with Crippen LogP contribution in [0.5, 0.6) is 0 Å². The van der Waals surface area contributed by atoms with Crippen LogP contribution in [0.1, 0.15) is 16.7 Å². The minimum absolute atomic E-state index is 0. The molecule has 31 heavy (non-hydrogen) atoms. The molecule has 5 aromatic rings. The summed E-state index contributed by atoms with van der Waals surface area (Å²) in [5, 5.41) is 6.42. The Labute approximate surface area is 187 Å². The molecule has 1 heterocycles. The van der Waals surface area contributed by atoms with E-state index in [1.807, 2.05) is 0 Å². The smallest absolute Gasteiger partial charge is 0.0931 e. The molecule has 1 aromatic heterocycles. The van der Waals surface area contributed by atoms with E-state index >= 15 is 0 Å². The van der Waals surface area contributed by atoms with Crippen molar-refractivity contribution >= 4 is 34.2 Å². The third-order valence-electron chi connectivity index (χ3n) is 6.38. The maximum Gasteiger partial charge on any atom is 0.0931 e. The Bertz CT molecular complexity index is 1350. The van der Waals surface area contributed by atoms with Crippen LogP contribution in [0.4, 0.5) is 0 Å². The molecule has 0 amide bonds. The van der Waals surface area contributed by atoms with E-state index in [4.69, 9.17) is 0 Å². The first kappa shape index (κ1) is 19.8. The van der Waals surface area contributed by atoms with Crippen molar-refractivity contribution in [3.8, 4) is 11.1 Å². The number of nitrogens with zero attached hydrogens (tertiary/aromatic N) is 1. The van der Waals surface area contributed by atoms with Crippen LogP contribution in [0, 0.1) is 0 Å². The number of rotatable bonds is 4. The molecule has 0 atom stereocenters. The van der Waals surface area contributed by atoms with Crippen LogP contribution in [0.3, 0.4) is 0 Å². The number of nitrogens with one attached hydrogen (secondary N) is 2. The van der Waals surface area contributed by atoms with Crippen LogP contribution >= 0.6 is 12.4 Å². The molecule has 0 saturated carbocycles. The van der Waals surface area contributed by atoms with Crippen LogP contribution in [0.2, 0.25) is 0 Å². The Morgan fingerprint density at radius 3 is 2.39 bits per heavy atom. The van der Waals surface area contributed by atoms with Gasteiger partial charge in [0.2, 0.25) is 0 Å². The van der Waals surface area contributed by atoms with Crippen molar-refractivity contribution in [3.05, 3.63) is 102 Å². The molecule has 0 unspecified atom stereocenters. The standard InChI is InChI=1S/C27H23N3.ClH/c1-2-6-19-14-22(13-18(19)5-1)28-16-21-9-11-24(25-8-4-3-7-23(21)25)20-10-12-26-27(15-20)30-17-29-26;/h1-12,15,17,22,28H,13-14,16H2,(H,29,30);1H. The average molecular weight is 426 g/mol. The minimum Gasteiger partial charge on any atom is -0.345 e. The molecular weight excluding hydrogens is 402 g/mol. The second kappa shape index (κ2) is 8.18. The summed E-state index contributed by atoms with van der Waals surface area (Å²) in [4.78, 5) is 7.57. The lowest BCUT2D eigenvalue weighted by Gasteiger charge is -2.15. The number of aromatic amines is 1. The summed E-state index contributed by atoms with van der Waals surface area (Å²) in [5.74, 6) is 0. The van der Waals surface area contributed by atoms with Crippen molar-refractivity contribution < 1.29 is 0 Å². The summed E-state index contributed by atoms with van der Waals surface area (Å²) in [5.41, 5.74) is 8.89. The van der Waals surface area contributed by atoms with E-state index in [1.54, 1.807) is 6.33 Å². The summed E-state index contributed by atoms with van der Waals surface area (Å²) >= 11 is 0. The first-order valence-corrected chi connectivity index (χ1v) is 10.6. The van der Waals surface area contributed by atoms with Gasteiger partial charge in [0.25, 0.3) is 0 Å². The number of H-pyrrole nitrogens is 1. The predicted octanol–water partition coefficient (Wildman–Crippen LogP) is 6.06. The Morgan fingerprint density at radius 1 is 0.839 bits per heavy atom. The monoisotopic (exact) mass is 425 g/mol. The zero-order valence-electron chi connectivity index (χ0n) is 17.1. The Balaban J connectivity index is 0.00000204. The van der Waals surface area contributed by atoms with Crippen LogP contribution in [0.15, 0.2) is 85.2 Å². The van der Waals surface area contributed by atoms with Crippen molar-refractivity contribution in [3.63, 3.8) is 0 Å². The predicted molar refractivity (Wildman–Crippen MR) is 131 cm³/mol. The van der Waals surface area contributed by atoms with E-state index in [-0.39, 0.29) is 12.4 Å². The lowest BCUT2D eigenvalue weighted by molar-refractivity contribution is 0.534. The van der Waals surface area contributed by atoms with Gasteiger partial charge in [0, 0.05) is 12.6 Å². The molecule has 4 aromatic carbocycles. The molecule has 4 heteroatoms. The molecule has 0 aliphatic heterocycles. The van der Waals surface area contributed by atoms with Crippen molar-refractivity contribution in [1.29, 1.82) is 0 Å². The highest BCUT2D eigenvalue weighted by Crippen LogP contribution is 2.32. The van der Waals surface area contributed by atoms with E-state index in [9.17, 15) is 0 Å². The van der Waals surface area contributed by atoms with E-state index < -0.39 is 0 Å². The topological polar surface area (TPSA) is 40.7 Å². The molecule has 154 valence electrons. The van der Waals surface area contributed by atoms with Gasteiger partial charge in [-0.05, 0) is 63.6 Å². The lowest BCUT2D eigenvalue weighted by atomic mass is 9.94. The molecule has 6 rings (SSSR count). The van der Waals surface area contributed by atoms with Gasteiger partial charge in [-0.1, -0.05) is 66.7 Å². The van der Waals surface area contributed by atoms with Crippen LogP contribution in [-0.4, -0.2) is 16.0 Å². The van der Waals surface area contributed by atoms with Crippen molar-refractivity contribution in [2.45, 2.75) is 25.4 Å². The van der Waals surface area contributed by atoms with Gasteiger partial charge in [0.1, 0.15) is 0 Å². The highest BCUT2D eigenvalue weighted by molar-refractivity contribution is 5.99. The molecule has 1 aliphatic carbocycles. The summed E-state index contributed by atoms with van der Waals surface area (Å²) in [6, 6.07) is 29.1. The maximum absolute atomic E-state index is 4.34. The van der Waals surface area contributed by atoms with Gasteiger partial charge in [-0.15, -0.1) is 12.4 Å². The van der Waals surface area contributed by atoms with Gasteiger partial charge in [0.15, 0.2) is 0 Å². The van der Waals surface area contributed by atoms with Crippen LogP contribution < -0.4 is 5.32 Å². The van der Waals surface area contributed by atoms with Crippen molar-refractivity contribution in [2.24, 2.45) is 0 Å². The molecule has 0 radical (unpaired) electrons. The largest absolute Gasteiger partial charge is 0.345 e. The summed E-state index contributed by atoms with van der Waals surface area (Å²) in [7, 11) is 0. The molecule has 0 bridgehead atoms. The number of fused-ring (bicyclic) bond motifs is 3. The van der Waals surface area contributed by atoms with Crippen LogP contribution in [-0.2, 0) is 19.4 Å². The van der Waals surface area contributed by atoms with E-state index in [0.717, 1.165) is 30.4 Å². The molecule has 0 fully saturated rings. The minimum atomic E-state index is 0. The SMILES string of the molecule is Cl.c1ccc2c(c1)CC(NCc1ccc(-c3ccc4nc[nH]c4c3)c3ccccc13)C2. The first-order valence-electron chi connectivity index (χ1n) is 10.6. The lowest BCUT2D eigenvalue weighted by Crippen LogP contribution is -2.29. The van der Waals surface area contributed by atoms with Gasteiger partial charge in [-0.3, -0.25) is 0 Å². The highest BCUT2D eigenvalue weighted by Gasteiger charge is 2.20. The Kier molecular flexibility index (Phi) is 5.23. The van der Waals surface area contributed by atoms with Crippen molar-refractivity contribution in [1.82, 2.24) is 15.3 Å². The second-order valence-electron chi connectivity index (χ2n) is 8.21. The molecule has 1 aliphatic rings. The number of benzene rings is 4. The number of halogens is 1.